The van der Waals surface area contributed by atoms with Crippen molar-refractivity contribution in [3.05, 3.63) is 48.0 Å². The van der Waals surface area contributed by atoms with Crippen LogP contribution in [0.1, 0.15) is 5.56 Å². The topological polar surface area (TPSA) is 4.93 Å². The summed E-state index contributed by atoms with van der Waals surface area (Å²) in [6.07, 6.45) is 5.56. The molecule has 0 N–H and O–H groups in total. The molecule has 76 valence electrons. The van der Waals surface area contributed by atoms with Crippen LogP contribution in [0.25, 0.3) is 21.8 Å². The van der Waals surface area contributed by atoms with Crippen LogP contribution < -0.4 is 0 Å². The Labute approximate surface area is 94.3 Å². The Morgan fingerprint density at radius 1 is 1.00 bits per heavy atom. The number of fused-ring (bicyclic) bond motifs is 3. The molecule has 0 bridgehead atoms. The third kappa shape index (κ3) is 1.02. The molecule has 0 atom stereocenters. The summed E-state index contributed by atoms with van der Waals surface area (Å²) >= 11 is 0. The maximum atomic E-state index is 5.56. The number of aryl methyl sites for hydroxylation is 1. The lowest BCUT2D eigenvalue weighted by Gasteiger charge is -1.97. The van der Waals surface area contributed by atoms with Crippen molar-refractivity contribution in [1.29, 1.82) is 0 Å². The molecule has 2 aromatic carbocycles. The molecule has 1 heterocycles. The highest BCUT2D eigenvalue weighted by Crippen LogP contribution is 2.29. The van der Waals surface area contributed by atoms with Gasteiger partial charge in [-0.3, -0.25) is 0 Å². The van der Waals surface area contributed by atoms with E-state index in [1.807, 2.05) is 12.1 Å². The van der Waals surface area contributed by atoms with Gasteiger partial charge in [0.25, 0.3) is 0 Å². The average molecular weight is 205 g/mol. The molecule has 1 heteroatoms. The Morgan fingerprint density at radius 2 is 1.75 bits per heavy atom. The zero-order valence-electron chi connectivity index (χ0n) is 9.07. The van der Waals surface area contributed by atoms with Gasteiger partial charge in [0.2, 0.25) is 0 Å². The van der Waals surface area contributed by atoms with E-state index >= 15 is 0 Å². The van der Waals surface area contributed by atoms with E-state index in [0.29, 0.717) is 0 Å². The third-order valence-corrected chi connectivity index (χ3v) is 3.09. The summed E-state index contributed by atoms with van der Waals surface area (Å²) in [5.41, 5.74) is 3.38. The smallest absolute Gasteiger partial charge is 0.0501 e. The molecule has 0 aliphatic heterocycles. The van der Waals surface area contributed by atoms with Crippen LogP contribution in [0.15, 0.2) is 42.5 Å². The predicted molar refractivity (Wildman–Crippen MR) is 68.4 cm³/mol. The van der Waals surface area contributed by atoms with Gasteiger partial charge < -0.3 is 4.57 Å². The monoisotopic (exact) mass is 205 g/mol. The fraction of sp³-hybridized carbons (Fsp3) is 0.0667. The standard InChI is InChI=1S/C15H11N/c1-3-11-7-6-10-14-15(11)12-8-4-5-9-13(12)16(14)2/h1,4-10H,2H3. The van der Waals surface area contributed by atoms with Crippen LogP contribution in [-0.4, -0.2) is 4.57 Å². The summed E-state index contributed by atoms with van der Waals surface area (Å²) in [6.45, 7) is 0. The van der Waals surface area contributed by atoms with Gasteiger partial charge in [0.1, 0.15) is 0 Å². The van der Waals surface area contributed by atoms with E-state index in [-0.39, 0.29) is 0 Å². The highest BCUT2D eigenvalue weighted by molar-refractivity contribution is 6.10. The Hall–Kier alpha value is -2.20. The second-order valence-electron chi connectivity index (χ2n) is 3.92. The summed E-state index contributed by atoms with van der Waals surface area (Å²) in [4.78, 5) is 0. The Bertz CT molecular complexity index is 726. The number of aromatic nitrogens is 1. The fourth-order valence-corrected chi connectivity index (χ4v) is 2.33. The number of benzene rings is 2. The van der Waals surface area contributed by atoms with Crippen molar-refractivity contribution < 1.29 is 0 Å². The van der Waals surface area contributed by atoms with Crippen LogP contribution >= 0.6 is 0 Å². The normalized spacial score (nSPS) is 10.8. The molecule has 3 rings (SSSR count). The van der Waals surface area contributed by atoms with Crippen LogP contribution in [0.3, 0.4) is 0 Å². The first-order chi connectivity index (χ1) is 7.83. The largest absolute Gasteiger partial charge is 0.344 e. The Kier molecular flexibility index (Phi) is 1.78. The number of rotatable bonds is 0. The minimum absolute atomic E-state index is 0.967. The van der Waals surface area contributed by atoms with Crippen LogP contribution in [-0.2, 0) is 7.05 Å². The van der Waals surface area contributed by atoms with Crippen LogP contribution in [0.4, 0.5) is 0 Å². The van der Waals surface area contributed by atoms with E-state index in [0.717, 1.165) is 5.56 Å². The van der Waals surface area contributed by atoms with Crippen LogP contribution in [0.2, 0.25) is 0 Å². The van der Waals surface area contributed by atoms with E-state index in [1.54, 1.807) is 0 Å². The highest BCUT2D eigenvalue weighted by Gasteiger charge is 2.09. The first-order valence-electron chi connectivity index (χ1n) is 5.25. The minimum atomic E-state index is 0.967. The lowest BCUT2D eigenvalue weighted by molar-refractivity contribution is 1.01. The van der Waals surface area contributed by atoms with Gasteiger partial charge in [-0.15, -0.1) is 6.42 Å². The number of hydrogen-bond acceptors (Lipinski definition) is 0. The van der Waals surface area contributed by atoms with E-state index < -0.39 is 0 Å². The predicted octanol–water partition coefficient (Wildman–Crippen LogP) is 3.31. The lowest BCUT2D eigenvalue weighted by Crippen LogP contribution is -1.85. The SMILES string of the molecule is C#Cc1cccc2c1c1ccccc1n2C. The minimum Gasteiger partial charge on any atom is -0.344 e. The van der Waals surface area contributed by atoms with Gasteiger partial charge >= 0.3 is 0 Å². The van der Waals surface area contributed by atoms with Crippen molar-refractivity contribution in [3.8, 4) is 12.3 Å². The van der Waals surface area contributed by atoms with Crippen molar-refractivity contribution in [2.75, 3.05) is 0 Å². The van der Waals surface area contributed by atoms with Gasteiger partial charge in [0.05, 0.1) is 5.52 Å². The maximum absolute atomic E-state index is 5.56. The number of hydrogen-bond donors (Lipinski definition) is 0. The summed E-state index contributed by atoms with van der Waals surface area (Å²) in [6, 6.07) is 14.5. The molecule has 16 heavy (non-hydrogen) atoms. The first kappa shape index (κ1) is 9.06. The molecular formula is C15H11N. The van der Waals surface area contributed by atoms with Gasteiger partial charge in [-0.25, -0.2) is 0 Å². The second-order valence-corrected chi connectivity index (χ2v) is 3.92. The van der Waals surface area contributed by atoms with E-state index in [4.69, 9.17) is 6.42 Å². The molecule has 0 fully saturated rings. The number of para-hydroxylation sites is 1. The van der Waals surface area contributed by atoms with Gasteiger partial charge in [-0.2, -0.15) is 0 Å². The van der Waals surface area contributed by atoms with Crippen molar-refractivity contribution in [1.82, 2.24) is 4.57 Å². The van der Waals surface area contributed by atoms with Gasteiger partial charge in [0, 0.05) is 28.9 Å². The molecule has 0 unspecified atom stereocenters. The number of nitrogens with zero attached hydrogens (tertiary/aromatic N) is 1. The van der Waals surface area contributed by atoms with Crippen LogP contribution in [0.5, 0.6) is 0 Å². The highest BCUT2D eigenvalue weighted by atomic mass is 14.9. The first-order valence-corrected chi connectivity index (χ1v) is 5.25. The molecule has 0 saturated carbocycles. The molecule has 0 aliphatic rings. The molecule has 0 saturated heterocycles. The lowest BCUT2D eigenvalue weighted by atomic mass is 10.1. The quantitative estimate of drug-likeness (QED) is 0.496. The number of terminal acetylenes is 1. The molecule has 1 nitrogen and oxygen atoms in total. The molecule has 0 aliphatic carbocycles. The average Bonchev–Trinajstić information content (AvgIpc) is 2.64. The van der Waals surface area contributed by atoms with Crippen molar-refractivity contribution >= 4 is 21.8 Å². The van der Waals surface area contributed by atoms with E-state index in [1.165, 1.54) is 21.8 Å². The molecule has 0 spiro atoms. The third-order valence-electron chi connectivity index (χ3n) is 3.09. The van der Waals surface area contributed by atoms with E-state index in [9.17, 15) is 0 Å². The Balaban J connectivity index is 2.69. The molecule has 1 aromatic heterocycles. The summed E-state index contributed by atoms with van der Waals surface area (Å²) < 4.78 is 2.19. The molecule has 3 aromatic rings. The van der Waals surface area contributed by atoms with Gasteiger partial charge in [-0.1, -0.05) is 30.2 Å². The summed E-state index contributed by atoms with van der Waals surface area (Å²) in [7, 11) is 2.07. The summed E-state index contributed by atoms with van der Waals surface area (Å²) in [5.74, 6) is 2.76. The van der Waals surface area contributed by atoms with Crippen molar-refractivity contribution in [2.45, 2.75) is 0 Å². The fourth-order valence-electron chi connectivity index (χ4n) is 2.33. The second kappa shape index (κ2) is 3.15. The molecule has 0 amide bonds. The summed E-state index contributed by atoms with van der Waals surface area (Å²) in [5, 5.41) is 2.41. The van der Waals surface area contributed by atoms with Crippen LogP contribution in [0, 0.1) is 12.3 Å². The van der Waals surface area contributed by atoms with Crippen molar-refractivity contribution in [3.63, 3.8) is 0 Å². The maximum Gasteiger partial charge on any atom is 0.0501 e. The van der Waals surface area contributed by atoms with Crippen molar-refractivity contribution in [2.24, 2.45) is 7.05 Å². The zero-order chi connectivity index (χ0) is 11.1. The Morgan fingerprint density at radius 3 is 2.56 bits per heavy atom. The molecular weight excluding hydrogens is 194 g/mol. The zero-order valence-corrected chi connectivity index (χ0v) is 9.07. The van der Waals surface area contributed by atoms with Gasteiger partial charge in [-0.05, 0) is 18.2 Å². The molecule has 0 radical (unpaired) electrons. The van der Waals surface area contributed by atoms with Gasteiger partial charge in [0.15, 0.2) is 0 Å². The van der Waals surface area contributed by atoms with E-state index in [2.05, 4.69) is 47.9 Å².